The van der Waals surface area contributed by atoms with Crippen molar-refractivity contribution in [3.05, 3.63) is 11.6 Å². The quantitative estimate of drug-likeness (QED) is 0.821. The minimum Gasteiger partial charge on any atom is -0.496 e. The van der Waals surface area contributed by atoms with Gasteiger partial charge in [-0.1, -0.05) is 0 Å². The zero-order valence-corrected chi connectivity index (χ0v) is 9.86. The van der Waals surface area contributed by atoms with Crippen LogP contribution in [0.5, 0.6) is 23.0 Å². The molecule has 0 aromatic heterocycles. The van der Waals surface area contributed by atoms with Gasteiger partial charge < -0.3 is 24.1 Å². The summed E-state index contributed by atoms with van der Waals surface area (Å²) in [6.45, 7) is -0.202. The van der Waals surface area contributed by atoms with Crippen molar-refractivity contribution in [2.45, 2.75) is 6.61 Å². The molecular weight excluding hydrogens is 212 g/mol. The number of aliphatic hydroxyl groups excluding tert-OH is 1. The zero-order valence-electron chi connectivity index (χ0n) is 9.86. The van der Waals surface area contributed by atoms with E-state index in [0.717, 1.165) is 0 Å². The molecule has 0 fully saturated rings. The van der Waals surface area contributed by atoms with Crippen LogP contribution in [0.2, 0.25) is 0 Å². The maximum Gasteiger partial charge on any atom is 0.203 e. The van der Waals surface area contributed by atoms with E-state index in [1.807, 2.05) is 0 Å². The van der Waals surface area contributed by atoms with Gasteiger partial charge in [0.25, 0.3) is 0 Å². The van der Waals surface area contributed by atoms with Crippen LogP contribution in [0.4, 0.5) is 0 Å². The van der Waals surface area contributed by atoms with Crippen molar-refractivity contribution in [2.75, 3.05) is 28.4 Å². The molecule has 0 radical (unpaired) electrons. The summed E-state index contributed by atoms with van der Waals surface area (Å²) < 4.78 is 20.7. The molecule has 0 amide bonds. The molecule has 5 heteroatoms. The number of hydrogen-bond donors (Lipinski definition) is 1. The Morgan fingerprint density at radius 3 is 1.81 bits per heavy atom. The van der Waals surface area contributed by atoms with E-state index in [1.165, 1.54) is 28.4 Å². The molecule has 1 N–H and O–H groups in total. The summed E-state index contributed by atoms with van der Waals surface area (Å²) in [4.78, 5) is 0. The van der Waals surface area contributed by atoms with Gasteiger partial charge in [-0.15, -0.1) is 0 Å². The number of ether oxygens (including phenoxy) is 4. The maximum atomic E-state index is 9.29. The topological polar surface area (TPSA) is 57.2 Å². The highest BCUT2D eigenvalue weighted by molar-refractivity contribution is 5.61. The first-order chi connectivity index (χ1) is 7.73. The first kappa shape index (κ1) is 12.4. The van der Waals surface area contributed by atoms with Crippen molar-refractivity contribution in [3.63, 3.8) is 0 Å². The van der Waals surface area contributed by atoms with Gasteiger partial charge in [0.1, 0.15) is 5.75 Å². The van der Waals surface area contributed by atoms with E-state index in [-0.39, 0.29) is 6.61 Å². The fourth-order valence-corrected chi connectivity index (χ4v) is 1.53. The average Bonchev–Trinajstić information content (AvgIpc) is 2.35. The van der Waals surface area contributed by atoms with Crippen molar-refractivity contribution in [1.29, 1.82) is 0 Å². The highest BCUT2D eigenvalue weighted by Crippen LogP contribution is 2.44. The maximum absolute atomic E-state index is 9.29. The molecule has 1 aromatic carbocycles. The highest BCUT2D eigenvalue weighted by Gasteiger charge is 2.20. The van der Waals surface area contributed by atoms with E-state index >= 15 is 0 Å². The fraction of sp³-hybridized carbons (Fsp3) is 0.455. The normalized spacial score (nSPS) is 9.81. The summed E-state index contributed by atoms with van der Waals surface area (Å²) in [5.41, 5.74) is 0.530. The van der Waals surface area contributed by atoms with Gasteiger partial charge in [-0.2, -0.15) is 0 Å². The van der Waals surface area contributed by atoms with Gasteiger partial charge in [0.15, 0.2) is 11.5 Å². The van der Waals surface area contributed by atoms with Crippen LogP contribution >= 0.6 is 0 Å². The third-order valence-electron chi connectivity index (χ3n) is 2.27. The highest BCUT2D eigenvalue weighted by atomic mass is 16.5. The monoisotopic (exact) mass is 228 g/mol. The van der Waals surface area contributed by atoms with Gasteiger partial charge in [0.2, 0.25) is 5.75 Å². The summed E-state index contributed by atoms with van der Waals surface area (Å²) in [5, 5.41) is 9.29. The van der Waals surface area contributed by atoms with Crippen LogP contribution in [0.3, 0.4) is 0 Å². The van der Waals surface area contributed by atoms with Crippen molar-refractivity contribution in [2.24, 2.45) is 0 Å². The number of rotatable bonds is 5. The zero-order chi connectivity index (χ0) is 12.1. The van der Waals surface area contributed by atoms with Gasteiger partial charge in [-0.3, -0.25) is 0 Å². The SMILES string of the molecule is COc1cc(OC)c(OC)c(OC)c1CO. The van der Waals surface area contributed by atoms with E-state index in [9.17, 15) is 5.11 Å². The summed E-state index contributed by atoms with van der Waals surface area (Å²) in [5.74, 6) is 1.85. The van der Waals surface area contributed by atoms with Crippen LogP contribution in [0, 0.1) is 0 Å². The molecule has 16 heavy (non-hydrogen) atoms. The Morgan fingerprint density at radius 2 is 1.44 bits per heavy atom. The molecule has 0 bridgehead atoms. The van der Waals surface area contributed by atoms with E-state index in [2.05, 4.69) is 0 Å². The second kappa shape index (κ2) is 5.46. The Kier molecular flexibility index (Phi) is 4.25. The molecule has 0 aliphatic carbocycles. The molecule has 5 nitrogen and oxygen atoms in total. The van der Waals surface area contributed by atoms with Crippen LogP contribution in [-0.4, -0.2) is 33.5 Å². The van der Waals surface area contributed by atoms with Crippen LogP contribution in [-0.2, 0) is 6.61 Å². The Balaban J connectivity index is 3.47. The molecule has 0 heterocycles. The average molecular weight is 228 g/mol. The van der Waals surface area contributed by atoms with Gasteiger partial charge in [0, 0.05) is 6.07 Å². The first-order valence-electron chi connectivity index (χ1n) is 4.70. The lowest BCUT2D eigenvalue weighted by Crippen LogP contribution is -2.01. The molecule has 0 aliphatic heterocycles. The van der Waals surface area contributed by atoms with E-state index in [0.29, 0.717) is 28.6 Å². The van der Waals surface area contributed by atoms with Crippen LogP contribution in [0.1, 0.15) is 5.56 Å². The molecule has 0 unspecified atom stereocenters. The van der Waals surface area contributed by atoms with Crippen molar-refractivity contribution in [3.8, 4) is 23.0 Å². The second-order valence-corrected chi connectivity index (χ2v) is 2.98. The van der Waals surface area contributed by atoms with Gasteiger partial charge in [0.05, 0.1) is 40.6 Å². The number of methoxy groups -OCH3 is 4. The minimum absolute atomic E-state index is 0.202. The van der Waals surface area contributed by atoms with Crippen LogP contribution < -0.4 is 18.9 Å². The smallest absolute Gasteiger partial charge is 0.203 e. The lowest BCUT2D eigenvalue weighted by molar-refractivity contribution is 0.257. The molecule has 0 saturated heterocycles. The second-order valence-electron chi connectivity index (χ2n) is 2.98. The summed E-state index contributed by atoms with van der Waals surface area (Å²) in [6, 6.07) is 1.65. The third-order valence-corrected chi connectivity index (χ3v) is 2.27. The van der Waals surface area contributed by atoms with Crippen LogP contribution in [0.25, 0.3) is 0 Å². The standard InChI is InChI=1S/C11H16O5/c1-13-8-5-9(14-2)11(16-4)10(15-3)7(8)6-12/h5,12H,6H2,1-4H3. The summed E-state index contributed by atoms with van der Waals surface area (Å²) in [6.07, 6.45) is 0. The lowest BCUT2D eigenvalue weighted by atomic mass is 10.1. The molecule has 0 saturated carbocycles. The van der Waals surface area contributed by atoms with E-state index in [1.54, 1.807) is 6.07 Å². The molecule has 0 atom stereocenters. The Bertz CT molecular complexity index is 332. The first-order valence-corrected chi connectivity index (χ1v) is 4.70. The molecule has 1 rings (SSSR count). The van der Waals surface area contributed by atoms with E-state index < -0.39 is 0 Å². The van der Waals surface area contributed by atoms with Crippen molar-refractivity contribution >= 4 is 0 Å². The fourth-order valence-electron chi connectivity index (χ4n) is 1.53. The number of hydrogen-bond acceptors (Lipinski definition) is 5. The Hall–Kier alpha value is -1.62. The Morgan fingerprint density at radius 1 is 0.875 bits per heavy atom. The summed E-state index contributed by atoms with van der Waals surface area (Å²) in [7, 11) is 6.04. The van der Waals surface area contributed by atoms with Crippen molar-refractivity contribution < 1.29 is 24.1 Å². The minimum atomic E-state index is -0.202. The largest absolute Gasteiger partial charge is 0.496 e. The molecule has 0 aliphatic rings. The molecule has 90 valence electrons. The van der Waals surface area contributed by atoms with Gasteiger partial charge in [-0.25, -0.2) is 0 Å². The van der Waals surface area contributed by atoms with Crippen LogP contribution in [0.15, 0.2) is 6.07 Å². The van der Waals surface area contributed by atoms with Gasteiger partial charge >= 0.3 is 0 Å². The molecule has 1 aromatic rings. The predicted octanol–water partition coefficient (Wildman–Crippen LogP) is 1.21. The summed E-state index contributed by atoms with van der Waals surface area (Å²) >= 11 is 0. The van der Waals surface area contributed by atoms with Crippen molar-refractivity contribution in [1.82, 2.24) is 0 Å². The lowest BCUT2D eigenvalue weighted by Gasteiger charge is -2.17. The molecule has 0 spiro atoms. The molecular formula is C11H16O5. The third kappa shape index (κ3) is 1.99. The Labute approximate surface area is 94.5 Å². The van der Waals surface area contributed by atoms with Gasteiger partial charge in [-0.05, 0) is 0 Å². The van der Waals surface area contributed by atoms with E-state index in [4.69, 9.17) is 18.9 Å². The predicted molar refractivity (Wildman–Crippen MR) is 58.6 cm³/mol. The number of benzene rings is 1. The number of aliphatic hydroxyl groups is 1.